The van der Waals surface area contributed by atoms with Crippen molar-refractivity contribution in [1.29, 1.82) is 0 Å². The molecule has 0 aliphatic carbocycles. The van der Waals surface area contributed by atoms with Crippen molar-refractivity contribution in [1.82, 2.24) is 0 Å². The van der Waals surface area contributed by atoms with E-state index >= 15 is 0 Å². The topological polar surface area (TPSA) is 107 Å². The lowest BCUT2D eigenvalue weighted by atomic mass is 10.0. The molecule has 0 spiro atoms. The van der Waals surface area contributed by atoms with Gasteiger partial charge in [0.1, 0.15) is 12.2 Å². The number of aliphatic hydroxyl groups excluding tert-OH is 4. The first-order chi connectivity index (χ1) is 5.95. The van der Waals surface area contributed by atoms with Crippen LogP contribution < -0.4 is 0 Å². The van der Waals surface area contributed by atoms with Crippen LogP contribution in [0.1, 0.15) is 1.37 Å². The molecule has 5 atom stereocenters. The second-order valence-electron chi connectivity index (χ2n) is 2.48. The Morgan fingerprint density at radius 2 is 2.00 bits per heavy atom. The van der Waals surface area contributed by atoms with Crippen LogP contribution >= 0.6 is 0 Å². The highest BCUT2D eigenvalue weighted by Gasteiger charge is 2.43. The van der Waals surface area contributed by atoms with Crippen molar-refractivity contribution < 1.29 is 31.3 Å². The third kappa shape index (κ3) is 1.42. The standard InChI is InChI=1S/C6H10O6/c7-1-2-3(8)4(9)5(10)6(11)12-2/h2-5,7-10H,1H2/t2-,3-,4+,5-/m1/s1/i1D/t1?,2-,3-,4+,5-. The van der Waals surface area contributed by atoms with Crippen LogP contribution in [0.4, 0.5) is 0 Å². The Balaban J connectivity index is 2.76. The summed E-state index contributed by atoms with van der Waals surface area (Å²) in [5.74, 6) is -1.16. The normalized spacial score (nSPS) is 46.3. The Morgan fingerprint density at radius 1 is 1.42 bits per heavy atom. The lowest BCUT2D eigenvalue weighted by Gasteiger charge is -2.32. The van der Waals surface area contributed by atoms with E-state index in [0.717, 1.165) is 0 Å². The first kappa shape index (κ1) is 7.93. The average molecular weight is 179 g/mol. The predicted octanol–water partition coefficient (Wildman–Crippen LogP) is -3.01. The van der Waals surface area contributed by atoms with Gasteiger partial charge in [-0.3, -0.25) is 0 Å². The molecule has 6 heteroatoms. The number of esters is 1. The lowest BCUT2D eigenvalue weighted by Crippen LogP contribution is -2.56. The highest BCUT2D eigenvalue weighted by atomic mass is 16.6. The van der Waals surface area contributed by atoms with Crippen molar-refractivity contribution in [3.63, 3.8) is 0 Å². The zero-order valence-electron chi connectivity index (χ0n) is 6.99. The molecule has 0 saturated carbocycles. The molecule has 1 saturated heterocycles. The fraction of sp³-hybridized carbons (Fsp3) is 0.833. The number of hydrogen-bond acceptors (Lipinski definition) is 6. The summed E-state index contributed by atoms with van der Waals surface area (Å²) >= 11 is 0. The number of hydrogen-bond donors (Lipinski definition) is 4. The van der Waals surface area contributed by atoms with Gasteiger partial charge in [-0.25, -0.2) is 4.79 Å². The second kappa shape index (κ2) is 3.36. The van der Waals surface area contributed by atoms with Crippen molar-refractivity contribution in [2.75, 3.05) is 6.58 Å². The van der Waals surface area contributed by atoms with E-state index in [4.69, 9.17) is 21.8 Å². The summed E-state index contributed by atoms with van der Waals surface area (Å²) in [6, 6.07) is 0. The third-order valence-corrected chi connectivity index (χ3v) is 1.65. The van der Waals surface area contributed by atoms with Gasteiger partial charge in [0, 0.05) is 0 Å². The Morgan fingerprint density at radius 3 is 2.50 bits per heavy atom. The number of cyclic esters (lactones) is 1. The van der Waals surface area contributed by atoms with Gasteiger partial charge in [0.2, 0.25) is 0 Å². The summed E-state index contributed by atoms with van der Waals surface area (Å²) in [6.45, 7) is -1.85. The van der Waals surface area contributed by atoms with Crippen LogP contribution in [0.5, 0.6) is 0 Å². The molecular formula is C6H10O6. The molecule has 0 aromatic carbocycles. The van der Waals surface area contributed by atoms with Crippen molar-refractivity contribution >= 4 is 5.97 Å². The molecule has 1 aliphatic rings. The van der Waals surface area contributed by atoms with Crippen LogP contribution in [0.3, 0.4) is 0 Å². The molecule has 6 nitrogen and oxygen atoms in total. The quantitative estimate of drug-likeness (QED) is 0.319. The van der Waals surface area contributed by atoms with Crippen molar-refractivity contribution in [2.45, 2.75) is 24.4 Å². The van der Waals surface area contributed by atoms with E-state index < -0.39 is 37.0 Å². The second-order valence-corrected chi connectivity index (χ2v) is 2.48. The summed E-state index contributed by atoms with van der Waals surface area (Å²) < 4.78 is 11.1. The van der Waals surface area contributed by atoms with Gasteiger partial charge in [-0.15, -0.1) is 0 Å². The Bertz CT molecular complexity index is 207. The molecule has 0 aromatic rings. The van der Waals surface area contributed by atoms with E-state index in [9.17, 15) is 4.79 Å². The zero-order valence-corrected chi connectivity index (χ0v) is 5.99. The van der Waals surface area contributed by atoms with Gasteiger partial charge in [-0.2, -0.15) is 0 Å². The Labute approximate surface area is 69.4 Å². The molecule has 1 heterocycles. The fourth-order valence-electron chi connectivity index (χ4n) is 0.913. The summed E-state index contributed by atoms with van der Waals surface area (Å²) in [4.78, 5) is 10.7. The molecule has 0 radical (unpaired) electrons. The van der Waals surface area contributed by atoms with Gasteiger partial charge in [0.15, 0.2) is 12.2 Å². The monoisotopic (exact) mass is 179 g/mol. The molecule has 4 N–H and O–H groups in total. The van der Waals surface area contributed by atoms with Gasteiger partial charge >= 0.3 is 5.97 Å². The SMILES string of the molecule is [2H]C(O)[C@H]1OC(=O)[C@H](O)[C@@H](O)[C@@H]1O. The molecule has 0 amide bonds. The molecule has 1 fully saturated rings. The molecule has 1 unspecified atom stereocenters. The smallest absolute Gasteiger partial charge is 0.338 e. The molecule has 1 aliphatic heterocycles. The van der Waals surface area contributed by atoms with Gasteiger partial charge in [-0.1, -0.05) is 0 Å². The van der Waals surface area contributed by atoms with Gasteiger partial charge in [0.05, 0.1) is 7.95 Å². The van der Waals surface area contributed by atoms with E-state index in [1.54, 1.807) is 0 Å². The summed E-state index contributed by atoms with van der Waals surface area (Å²) in [5.41, 5.74) is 0. The van der Waals surface area contributed by atoms with Crippen LogP contribution in [-0.4, -0.2) is 57.4 Å². The van der Waals surface area contributed by atoms with Crippen LogP contribution in [0.25, 0.3) is 0 Å². The minimum Gasteiger partial charge on any atom is -0.455 e. The first-order valence-electron chi connectivity index (χ1n) is 3.88. The number of carbonyl (C=O) groups is 1. The molecule has 1 rings (SSSR count). The van der Waals surface area contributed by atoms with Crippen molar-refractivity contribution in [3.05, 3.63) is 0 Å². The number of rotatable bonds is 1. The van der Waals surface area contributed by atoms with Crippen LogP contribution in [-0.2, 0) is 9.53 Å². The third-order valence-electron chi connectivity index (χ3n) is 1.65. The predicted molar refractivity (Wildman–Crippen MR) is 35.0 cm³/mol. The summed E-state index contributed by atoms with van der Waals surface area (Å²) in [5, 5.41) is 35.8. The minimum atomic E-state index is -1.85. The van der Waals surface area contributed by atoms with E-state index in [0.29, 0.717) is 0 Å². The molecule has 0 aromatic heterocycles. The number of aliphatic hydroxyl groups is 4. The largest absolute Gasteiger partial charge is 0.455 e. The van der Waals surface area contributed by atoms with E-state index in [-0.39, 0.29) is 0 Å². The Hall–Kier alpha value is -0.690. The van der Waals surface area contributed by atoms with E-state index in [2.05, 4.69) is 4.74 Å². The minimum absolute atomic E-state index is 1.16. The van der Waals surface area contributed by atoms with Crippen LogP contribution in [0.15, 0.2) is 0 Å². The molecule has 70 valence electrons. The van der Waals surface area contributed by atoms with Crippen LogP contribution in [0.2, 0.25) is 0 Å². The maximum atomic E-state index is 10.7. The maximum Gasteiger partial charge on any atom is 0.338 e. The highest BCUT2D eigenvalue weighted by molar-refractivity contribution is 5.76. The van der Waals surface area contributed by atoms with E-state index in [1.807, 2.05) is 0 Å². The van der Waals surface area contributed by atoms with Gasteiger partial charge < -0.3 is 25.2 Å². The molecular weight excluding hydrogens is 168 g/mol. The van der Waals surface area contributed by atoms with Crippen molar-refractivity contribution in [3.8, 4) is 0 Å². The number of ether oxygens (including phenoxy) is 1. The van der Waals surface area contributed by atoms with E-state index in [1.165, 1.54) is 0 Å². The first-order valence-corrected chi connectivity index (χ1v) is 3.30. The number of carbonyl (C=O) groups excluding carboxylic acids is 1. The van der Waals surface area contributed by atoms with Crippen molar-refractivity contribution in [2.24, 2.45) is 0 Å². The summed E-state index contributed by atoms with van der Waals surface area (Å²) in [7, 11) is 0. The average Bonchev–Trinajstić information content (AvgIpc) is 2.07. The summed E-state index contributed by atoms with van der Waals surface area (Å²) in [6.07, 6.45) is -6.73. The highest BCUT2D eigenvalue weighted by Crippen LogP contribution is 2.15. The van der Waals surface area contributed by atoms with Gasteiger partial charge in [0.25, 0.3) is 0 Å². The van der Waals surface area contributed by atoms with Crippen LogP contribution in [0, 0.1) is 0 Å². The molecule has 0 bridgehead atoms. The van der Waals surface area contributed by atoms with Gasteiger partial charge in [-0.05, 0) is 0 Å². The fourth-order valence-corrected chi connectivity index (χ4v) is 0.913. The Kier molecular flexibility index (Phi) is 2.22. The maximum absolute atomic E-state index is 10.7. The molecule has 12 heavy (non-hydrogen) atoms. The lowest BCUT2D eigenvalue weighted by molar-refractivity contribution is -0.206. The zero-order chi connectivity index (χ0) is 10.2.